The van der Waals surface area contributed by atoms with E-state index >= 15 is 0 Å². The van der Waals surface area contributed by atoms with Crippen LogP contribution in [0.15, 0.2) is 52.1 Å². The molecule has 4 rings (SSSR count). The van der Waals surface area contributed by atoms with Crippen molar-refractivity contribution in [2.45, 2.75) is 19.1 Å². The van der Waals surface area contributed by atoms with E-state index in [2.05, 4.69) is 10.2 Å². The number of carbonyl (C=O) groups is 1. The van der Waals surface area contributed by atoms with Gasteiger partial charge in [-0.1, -0.05) is 11.8 Å². The first-order chi connectivity index (χ1) is 16.9. The molecule has 0 saturated heterocycles. The van der Waals surface area contributed by atoms with Crippen LogP contribution in [0.1, 0.15) is 21.7 Å². The molecule has 0 aliphatic rings. The molecule has 8 nitrogen and oxygen atoms in total. The molecule has 0 aliphatic carbocycles. The van der Waals surface area contributed by atoms with Gasteiger partial charge in [0.25, 0.3) is 5.22 Å². The Morgan fingerprint density at radius 2 is 1.66 bits per heavy atom. The van der Waals surface area contributed by atoms with Crippen LogP contribution >= 0.6 is 11.8 Å². The molecule has 4 aromatic rings. The molecule has 2 aromatic carbocycles. The number of nitrogens with zero attached hydrogens (tertiary/aromatic N) is 3. The van der Waals surface area contributed by atoms with Crippen molar-refractivity contribution in [2.75, 3.05) is 27.1 Å². The van der Waals surface area contributed by atoms with Gasteiger partial charge >= 0.3 is 0 Å². The van der Waals surface area contributed by atoms with Crippen molar-refractivity contribution in [2.24, 2.45) is 0 Å². The van der Waals surface area contributed by atoms with Gasteiger partial charge in [-0.05, 0) is 56.3 Å². The van der Waals surface area contributed by atoms with Crippen molar-refractivity contribution in [3.63, 3.8) is 0 Å². The van der Waals surface area contributed by atoms with Gasteiger partial charge in [-0.2, -0.15) is 0 Å². The Balaban J connectivity index is 1.51. The standard InChI is InChI=1S/C25H24FN3O5S/c1-14-10-19(15(2)29(14)18-8-6-17(26)7-9-18)20(30)13-35-25-28-27-24(34-25)16-11-21(31-3)23(33-5)22(12-16)32-4/h6-12H,13H2,1-5H3. The average Bonchev–Trinajstić information content (AvgIpc) is 3.46. The molecule has 182 valence electrons. The molecule has 0 atom stereocenters. The number of ketones is 1. The van der Waals surface area contributed by atoms with Crippen molar-refractivity contribution in [1.82, 2.24) is 14.8 Å². The second-order valence-corrected chi connectivity index (χ2v) is 8.52. The van der Waals surface area contributed by atoms with Crippen molar-refractivity contribution < 1.29 is 27.8 Å². The molecule has 10 heteroatoms. The summed E-state index contributed by atoms with van der Waals surface area (Å²) in [6, 6.07) is 11.4. The first-order valence-electron chi connectivity index (χ1n) is 10.6. The first kappa shape index (κ1) is 24.3. The fourth-order valence-corrected chi connectivity index (χ4v) is 4.47. The minimum absolute atomic E-state index is 0.0796. The average molecular weight is 498 g/mol. The van der Waals surface area contributed by atoms with E-state index in [1.807, 2.05) is 24.5 Å². The number of benzene rings is 2. The second kappa shape index (κ2) is 10.2. The maximum absolute atomic E-state index is 13.3. The van der Waals surface area contributed by atoms with Crippen molar-refractivity contribution in [3.8, 4) is 34.4 Å². The number of ether oxygens (including phenoxy) is 3. The van der Waals surface area contributed by atoms with Crippen molar-refractivity contribution in [3.05, 3.63) is 65.2 Å². The Kier molecular flexibility index (Phi) is 7.11. The highest BCUT2D eigenvalue weighted by Crippen LogP contribution is 2.41. The third-order valence-corrected chi connectivity index (χ3v) is 6.28. The third-order valence-electron chi connectivity index (χ3n) is 5.46. The topological polar surface area (TPSA) is 88.6 Å². The predicted molar refractivity (Wildman–Crippen MR) is 130 cm³/mol. The fourth-order valence-electron chi connectivity index (χ4n) is 3.83. The summed E-state index contributed by atoms with van der Waals surface area (Å²) in [6.07, 6.45) is 0. The van der Waals surface area contributed by atoms with Crippen LogP contribution < -0.4 is 14.2 Å². The monoisotopic (exact) mass is 497 g/mol. The van der Waals surface area contributed by atoms with Gasteiger partial charge in [0.2, 0.25) is 11.6 Å². The summed E-state index contributed by atoms with van der Waals surface area (Å²) < 4.78 is 37.1. The Morgan fingerprint density at radius 3 is 2.26 bits per heavy atom. The Hall–Kier alpha value is -3.79. The number of thioether (sulfide) groups is 1. The Bertz CT molecular complexity index is 1340. The highest BCUT2D eigenvalue weighted by molar-refractivity contribution is 7.99. The summed E-state index contributed by atoms with van der Waals surface area (Å²) in [7, 11) is 4.57. The molecule has 0 saturated carbocycles. The normalized spacial score (nSPS) is 10.9. The SMILES string of the molecule is COc1cc(-c2nnc(SCC(=O)c3cc(C)n(-c4ccc(F)cc4)c3C)o2)cc(OC)c1OC. The zero-order valence-corrected chi connectivity index (χ0v) is 20.7. The largest absolute Gasteiger partial charge is 0.493 e. The van der Waals surface area contributed by atoms with Gasteiger partial charge in [0, 0.05) is 28.2 Å². The van der Waals surface area contributed by atoms with Gasteiger partial charge in [0.1, 0.15) is 5.82 Å². The second-order valence-electron chi connectivity index (χ2n) is 7.60. The van der Waals surface area contributed by atoms with E-state index < -0.39 is 0 Å². The molecule has 0 fully saturated rings. The number of aryl methyl sites for hydroxylation is 1. The van der Waals surface area contributed by atoms with Gasteiger partial charge in [-0.25, -0.2) is 4.39 Å². The number of hydrogen-bond acceptors (Lipinski definition) is 8. The maximum Gasteiger partial charge on any atom is 0.277 e. The number of aromatic nitrogens is 3. The predicted octanol–water partition coefficient (Wildman–Crippen LogP) is 5.28. The molecular formula is C25H24FN3O5S. The zero-order valence-electron chi connectivity index (χ0n) is 19.9. The van der Waals surface area contributed by atoms with Crippen LogP contribution in [0.3, 0.4) is 0 Å². The van der Waals surface area contributed by atoms with E-state index in [9.17, 15) is 9.18 Å². The molecular weight excluding hydrogens is 473 g/mol. The summed E-state index contributed by atoms with van der Waals surface area (Å²) in [5, 5.41) is 8.40. The lowest BCUT2D eigenvalue weighted by Crippen LogP contribution is -2.05. The molecule has 35 heavy (non-hydrogen) atoms. The molecule has 0 N–H and O–H groups in total. The van der Waals surface area contributed by atoms with Crippen molar-refractivity contribution in [1.29, 1.82) is 0 Å². The number of rotatable bonds is 9. The van der Waals surface area contributed by atoms with E-state index in [0.717, 1.165) is 28.8 Å². The fraction of sp³-hybridized carbons (Fsp3) is 0.240. The number of Topliss-reactive ketones (excluding diaryl/α,β-unsaturated/α-hetero) is 1. The van der Waals surface area contributed by atoms with Crippen LogP contribution in [0, 0.1) is 19.7 Å². The lowest BCUT2D eigenvalue weighted by molar-refractivity contribution is 0.102. The molecule has 0 bridgehead atoms. The molecule has 0 amide bonds. The molecule has 2 aromatic heterocycles. The molecule has 2 heterocycles. The highest BCUT2D eigenvalue weighted by atomic mass is 32.2. The summed E-state index contributed by atoms with van der Waals surface area (Å²) in [5.74, 6) is 1.36. The Morgan fingerprint density at radius 1 is 1.00 bits per heavy atom. The molecule has 0 radical (unpaired) electrons. The van der Waals surface area contributed by atoms with Gasteiger partial charge in [-0.3, -0.25) is 4.79 Å². The van der Waals surface area contributed by atoms with Crippen LogP contribution in [-0.4, -0.2) is 47.6 Å². The zero-order chi connectivity index (χ0) is 25.1. The summed E-state index contributed by atoms with van der Waals surface area (Å²) >= 11 is 1.15. The van der Waals surface area contributed by atoms with E-state index in [1.165, 1.54) is 33.5 Å². The van der Waals surface area contributed by atoms with Crippen LogP contribution in [0.4, 0.5) is 4.39 Å². The summed E-state index contributed by atoms with van der Waals surface area (Å²) in [5.41, 5.74) is 3.63. The van der Waals surface area contributed by atoms with E-state index in [1.54, 1.807) is 24.3 Å². The highest BCUT2D eigenvalue weighted by Gasteiger charge is 2.20. The van der Waals surface area contributed by atoms with Crippen LogP contribution in [0.25, 0.3) is 17.1 Å². The summed E-state index contributed by atoms with van der Waals surface area (Å²) in [4.78, 5) is 13.0. The van der Waals surface area contributed by atoms with Crippen LogP contribution in [0.5, 0.6) is 17.2 Å². The van der Waals surface area contributed by atoms with E-state index in [-0.39, 0.29) is 28.5 Å². The number of halogens is 1. The maximum atomic E-state index is 13.3. The third kappa shape index (κ3) is 4.88. The number of methoxy groups -OCH3 is 3. The smallest absolute Gasteiger partial charge is 0.277 e. The van der Waals surface area contributed by atoms with Gasteiger partial charge in [-0.15, -0.1) is 10.2 Å². The van der Waals surface area contributed by atoms with Gasteiger partial charge < -0.3 is 23.2 Å². The minimum Gasteiger partial charge on any atom is -0.493 e. The lowest BCUT2D eigenvalue weighted by Gasteiger charge is -2.12. The first-order valence-corrected chi connectivity index (χ1v) is 11.6. The van der Waals surface area contributed by atoms with E-state index in [4.69, 9.17) is 18.6 Å². The van der Waals surface area contributed by atoms with E-state index in [0.29, 0.717) is 28.4 Å². The Labute approximate surface area is 206 Å². The minimum atomic E-state index is -0.311. The molecule has 0 aliphatic heterocycles. The van der Waals surface area contributed by atoms with Crippen molar-refractivity contribution >= 4 is 17.5 Å². The van der Waals surface area contributed by atoms with Crippen LogP contribution in [-0.2, 0) is 0 Å². The van der Waals surface area contributed by atoms with Gasteiger partial charge in [0.05, 0.1) is 27.1 Å². The number of carbonyl (C=O) groups excluding carboxylic acids is 1. The summed E-state index contributed by atoms with van der Waals surface area (Å²) in [6.45, 7) is 3.77. The molecule has 0 unspecified atom stereocenters. The molecule has 0 spiro atoms. The quantitative estimate of drug-likeness (QED) is 0.228. The number of hydrogen-bond donors (Lipinski definition) is 0. The van der Waals surface area contributed by atoms with Crippen LogP contribution in [0.2, 0.25) is 0 Å². The van der Waals surface area contributed by atoms with Gasteiger partial charge in [0.15, 0.2) is 17.3 Å². The lowest BCUT2D eigenvalue weighted by atomic mass is 10.2.